The van der Waals surface area contributed by atoms with E-state index in [2.05, 4.69) is 15.0 Å². The molecule has 1 heterocycles. The van der Waals surface area contributed by atoms with Crippen molar-refractivity contribution in [2.24, 2.45) is 5.92 Å². The van der Waals surface area contributed by atoms with Gasteiger partial charge in [-0.05, 0) is 11.5 Å². The largest absolute Gasteiger partial charge is 0.359 e. The highest BCUT2D eigenvalue weighted by Crippen LogP contribution is 2.25. The van der Waals surface area contributed by atoms with Crippen molar-refractivity contribution >= 4 is 28.5 Å². The van der Waals surface area contributed by atoms with Gasteiger partial charge < -0.3 is 10.2 Å². The molecule has 2 rings (SSSR count). The van der Waals surface area contributed by atoms with Crippen LogP contribution in [-0.2, 0) is 4.79 Å². The van der Waals surface area contributed by atoms with Gasteiger partial charge in [0.25, 0.3) is 0 Å². The summed E-state index contributed by atoms with van der Waals surface area (Å²) in [5.41, 5.74) is 1.83. The Morgan fingerprint density at radius 3 is 2.65 bits per heavy atom. The van der Waals surface area contributed by atoms with Crippen LogP contribution in [0.25, 0.3) is 11.3 Å². The van der Waals surface area contributed by atoms with Gasteiger partial charge in [0.1, 0.15) is 5.00 Å². The Kier molecular flexibility index (Phi) is 5.70. The van der Waals surface area contributed by atoms with Crippen molar-refractivity contribution < 1.29 is 9.59 Å². The molecule has 23 heavy (non-hydrogen) atoms. The average Bonchev–Trinajstić information content (AvgIpc) is 3.03. The first kappa shape index (κ1) is 17.0. The molecule has 1 atom stereocenters. The zero-order valence-electron chi connectivity index (χ0n) is 13.4. The van der Waals surface area contributed by atoms with Crippen LogP contribution in [0.5, 0.6) is 0 Å². The summed E-state index contributed by atoms with van der Waals surface area (Å²) in [4.78, 5) is 25.2. The molecule has 0 aliphatic carbocycles. The third-order valence-electron chi connectivity index (χ3n) is 3.40. The topological polar surface area (TPSA) is 74.3 Å². The summed E-state index contributed by atoms with van der Waals surface area (Å²) in [5.74, 6) is -0.356. The van der Waals surface area contributed by atoms with Gasteiger partial charge in [0, 0.05) is 32.3 Å². The van der Waals surface area contributed by atoms with E-state index in [0.717, 1.165) is 11.3 Å². The Hall–Kier alpha value is -2.41. The maximum atomic E-state index is 12.2. The molecule has 2 aromatic rings. The molecule has 0 radical (unpaired) electrons. The normalized spacial score (nSPS) is 11.6. The predicted octanol–water partition coefficient (Wildman–Crippen LogP) is 2.66. The number of amides is 3. The van der Waals surface area contributed by atoms with Gasteiger partial charge in [0.05, 0.1) is 11.6 Å². The van der Waals surface area contributed by atoms with Crippen molar-refractivity contribution in [1.82, 2.24) is 14.6 Å². The van der Waals surface area contributed by atoms with Crippen molar-refractivity contribution in [3.05, 3.63) is 36.4 Å². The van der Waals surface area contributed by atoms with Gasteiger partial charge in [0.2, 0.25) is 5.91 Å². The molecule has 0 saturated heterocycles. The quantitative estimate of drug-likeness (QED) is 0.884. The number of rotatable bonds is 5. The van der Waals surface area contributed by atoms with Crippen LogP contribution in [0.4, 0.5) is 9.80 Å². The van der Waals surface area contributed by atoms with E-state index < -0.39 is 0 Å². The predicted molar refractivity (Wildman–Crippen MR) is 92.4 cm³/mol. The minimum atomic E-state index is -0.267. The number of anilines is 1. The van der Waals surface area contributed by atoms with E-state index in [-0.39, 0.29) is 17.9 Å². The van der Waals surface area contributed by atoms with Crippen molar-refractivity contribution in [2.75, 3.05) is 26.0 Å². The second-order valence-electron chi connectivity index (χ2n) is 5.27. The van der Waals surface area contributed by atoms with Crippen molar-refractivity contribution in [3.63, 3.8) is 0 Å². The molecule has 0 spiro atoms. The van der Waals surface area contributed by atoms with Crippen molar-refractivity contribution in [3.8, 4) is 11.3 Å². The van der Waals surface area contributed by atoms with Crippen LogP contribution < -0.4 is 10.6 Å². The number of hydrogen-bond donors (Lipinski definition) is 2. The van der Waals surface area contributed by atoms with Gasteiger partial charge in [0.15, 0.2) is 0 Å². The van der Waals surface area contributed by atoms with E-state index in [1.165, 1.54) is 16.4 Å². The van der Waals surface area contributed by atoms with E-state index >= 15 is 0 Å². The van der Waals surface area contributed by atoms with Gasteiger partial charge in [-0.2, -0.15) is 4.37 Å². The number of benzene rings is 1. The lowest BCUT2D eigenvalue weighted by Crippen LogP contribution is -2.39. The third-order valence-corrected chi connectivity index (χ3v) is 4.10. The number of urea groups is 1. The Bertz CT molecular complexity index is 672. The summed E-state index contributed by atoms with van der Waals surface area (Å²) in [6.07, 6.45) is 0. The van der Waals surface area contributed by atoms with Gasteiger partial charge >= 0.3 is 6.03 Å². The van der Waals surface area contributed by atoms with Crippen LogP contribution in [0, 0.1) is 5.92 Å². The highest BCUT2D eigenvalue weighted by Gasteiger charge is 2.18. The van der Waals surface area contributed by atoms with Crippen LogP contribution in [0.15, 0.2) is 36.4 Å². The molecule has 1 aromatic heterocycles. The zero-order chi connectivity index (χ0) is 16.8. The van der Waals surface area contributed by atoms with Gasteiger partial charge in [-0.15, -0.1) is 0 Å². The summed E-state index contributed by atoms with van der Waals surface area (Å²) < 4.78 is 4.35. The molecule has 2 N–H and O–H groups in total. The monoisotopic (exact) mass is 332 g/mol. The molecule has 0 bridgehead atoms. The molecular weight excluding hydrogens is 312 g/mol. The highest BCUT2D eigenvalue weighted by molar-refractivity contribution is 7.10. The Morgan fingerprint density at radius 1 is 1.30 bits per heavy atom. The van der Waals surface area contributed by atoms with E-state index in [4.69, 9.17) is 0 Å². The first-order chi connectivity index (χ1) is 11.0. The second kappa shape index (κ2) is 7.73. The van der Waals surface area contributed by atoms with E-state index in [9.17, 15) is 9.59 Å². The lowest BCUT2D eigenvalue weighted by molar-refractivity contribution is -0.124. The number of nitrogens with zero attached hydrogens (tertiary/aromatic N) is 2. The standard InChI is InChI=1S/C16H20N4O2S/c1-11(15(21)17-2)10-20(3)16(22)18-14-9-13(19-23-14)12-7-5-4-6-8-12/h4-9,11H,10H2,1-3H3,(H,17,21)(H,18,22)/t11-/m1/s1. The van der Waals surface area contributed by atoms with Gasteiger partial charge in [-0.25, -0.2) is 4.79 Å². The first-order valence-electron chi connectivity index (χ1n) is 7.27. The summed E-state index contributed by atoms with van der Waals surface area (Å²) in [7, 11) is 3.25. The molecule has 1 aromatic carbocycles. The molecule has 0 aliphatic heterocycles. The number of carbonyl (C=O) groups is 2. The summed E-state index contributed by atoms with van der Waals surface area (Å²) >= 11 is 1.23. The highest BCUT2D eigenvalue weighted by atomic mass is 32.1. The maximum Gasteiger partial charge on any atom is 0.322 e. The molecule has 122 valence electrons. The van der Waals surface area contributed by atoms with Gasteiger partial charge in [-0.1, -0.05) is 37.3 Å². The maximum absolute atomic E-state index is 12.2. The van der Waals surface area contributed by atoms with Crippen molar-refractivity contribution in [2.45, 2.75) is 6.92 Å². The average molecular weight is 332 g/mol. The van der Waals surface area contributed by atoms with Crippen LogP contribution >= 0.6 is 11.5 Å². The third kappa shape index (κ3) is 4.53. The number of carbonyl (C=O) groups excluding carboxylic acids is 2. The van der Waals surface area contributed by atoms with Crippen LogP contribution in [0.3, 0.4) is 0 Å². The fraction of sp³-hybridized carbons (Fsp3) is 0.312. The number of aromatic nitrogens is 1. The molecule has 0 aliphatic rings. The zero-order valence-corrected chi connectivity index (χ0v) is 14.2. The Balaban J connectivity index is 1.95. The minimum Gasteiger partial charge on any atom is -0.359 e. The van der Waals surface area contributed by atoms with E-state index in [1.54, 1.807) is 21.0 Å². The smallest absolute Gasteiger partial charge is 0.322 e. The first-order valence-corrected chi connectivity index (χ1v) is 8.04. The fourth-order valence-electron chi connectivity index (χ4n) is 2.10. The molecule has 7 heteroatoms. The molecule has 6 nitrogen and oxygen atoms in total. The Labute approximate surface area is 139 Å². The van der Waals surface area contributed by atoms with E-state index in [0.29, 0.717) is 11.5 Å². The SMILES string of the molecule is CNC(=O)[C@H](C)CN(C)C(=O)Nc1cc(-c2ccccc2)ns1. The molecule has 0 saturated carbocycles. The van der Waals surface area contributed by atoms with Crippen molar-refractivity contribution in [1.29, 1.82) is 0 Å². The molecule has 0 unspecified atom stereocenters. The second-order valence-corrected chi connectivity index (χ2v) is 6.07. The van der Waals surface area contributed by atoms with Gasteiger partial charge in [-0.3, -0.25) is 10.1 Å². The van der Waals surface area contributed by atoms with Crippen LogP contribution in [-0.4, -0.2) is 41.9 Å². The Morgan fingerprint density at radius 2 is 2.00 bits per heavy atom. The van der Waals surface area contributed by atoms with E-state index in [1.807, 2.05) is 36.4 Å². The lowest BCUT2D eigenvalue weighted by atomic mass is 10.1. The van der Waals surface area contributed by atoms with Crippen LogP contribution in [0.1, 0.15) is 6.92 Å². The lowest BCUT2D eigenvalue weighted by Gasteiger charge is -2.20. The molecule has 0 fully saturated rings. The molecule has 3 amide bonds. The minimum absolute atomic E-state index is 0.0891. The number of nitrogens with one attached hydrogen (secondary N) is 2. The fourth-order valence-corrected chi connectivity index (χ4v) is 2.76. The molecular formula is C16H20N4O2S. The number of hydrogen-bond acceptors (Lipinski definition) is 4. The summed E-state index contributed by atoms with van der Waals surface area (Å²) in [6, 6.07) is 11.4. The van der Waals surface area contributed by atoms with Crippen LogP contribution in [0.2, 0.25) is 0 Å². The summed E-state index contributed by atoms with van der Waals surface area (Å²) in [5, 5.41) is 6.05. The summed E-state index contributed by atoms with van der Waals surface area (Å²) in [6.45, 7) is 2.12.